The molecule has 1 unspecified atom stereocenters. The van der Waals surface area contributed by atoms with E-state index in [4.69, 9.17) is 5.11 Å². The van der Waals surface area contributed by atoms with Crippen LogP contribution in [0.1, 0.15) is 36.5 Å². The van der Waals surface area contributed by atoms with Gasteiger partial charge < -0.3 is 10.4 Å². The second kappa shape index (κ2) is 8.31. The summed E-state index contributed by atoms with van der Waals surface area (Å²) in [6, 6.07) is 2.92. The fraction of sp³-hybridized carbons (Fsp3) is 0.500. The number of non-ortho nitro benzene ring substituents is 1. The van der Waals surface area contributed by atoms with Gasteiger partial charge in [0, 0.05) is 19.2 Å². The van der Waals surface area contributed by atoms with Crippen LogP contribution in [0.25, 0.3) is 0 Å². The van der Waals surface area contributed by atoms with Crippen molar-refractivity contribution in [2.75, 3.05) is 13.2 Å². The first-order valence-electron chi connectivity index (χ1n) is 6.82. The maximum Gasteiger partial charge on any atom is 0.272 e. The van der Waals surface area contributed by atoms with Crippen LogP contribution in [-0.2, 0) is 0 Å². The summed E-state index contributed by atoms with van der Waals surface area (Å²) in [7, 11) is 0. The number of nitro groups is 1. The van der Waals surface area contributed by atoms with Crippen molar-refractivity contribution in [3.05, 3.63) is 39.7 Å². The van der Waals surface area contributed by atoms with Crippen LogP contribution in [0.2, 0.25) is 0 Å². The molecule has 6 nitrogen and oxygen atoms in total. The molecule has 21 heavy (non-hydrogen) atoms. The summed E-state index contributed by atoms with van der Waals surface area (Å²) < 4.78 is 13.7. The number of amides is 1. The van der Waals surface area contributed by atoms with Gasteiger partial charge in [-0.1, -0.05) is 13.3 Å². The third-order valence-corrected chi connectivity index (χ3v) is 3.19. The Bertz CT molecular complexity index is 502. The molecule has 1 atom stereocenters. The van der Waals surface area contributed by atoms with Crippen molar-refractivity contribution in [3.63, 3.8) is 0 Å². The lowest BCUT2D eigenvalue weighted by atomic mass is 10.00. The van der Waals surface area contributed by atoms with E-state index in [-0.39, 0.29) is 18.1 Å². The molecule has 2 N–H and O–H groups in total. The minimum atomic E-state index is -0.920. The predicted octanol–water partition coefficient (Wildman–Crippen LogP) is 2.26. The van der Waals surface area contributed by atoms with Crippen LogP contribution in [-0.4, -0.2) is 29.1 Å². The molecule has 116 valence electrons. The summed E-state index contributed by atoms with van der Waals surface area (Å²) in [5, 5.41) is 22.0. The maximum atomic E-state index is 13.7. The molecule has 0 spiro atoms. The van der Waals surface area contributed by atoms with Gasteiger partial charge in [-0.05, 0) is 24.8 Å². The predicted molar refractivity (Wildman–Crippen MR) is 75.5 cm³/mol. The van der Waals surface area contributed by atoms with Gasteiger partial charge in [0.1, 0.15) is 5.82 Å². The number of nitrogens with zero attached hydrogens (tertiary/aromatic N) is 1. The van der Waals surface area contributed by atoms with Crippen molar-refractivity contribution < 1.29 is 19.2 Å². The van der Waals surface area contributed by atoms with Crippen molar-refractivity contribution in [3.8, 4) is 0 Å². The van der Waals surface area contributed by atoms with E-state index in [1.807, 2.05) is 6.92 Å². The van der Waals surface area contributed by atoms with Crippen LogP contribution in [0, 0.1) is 21.8 Å². The summed E-state index contributed by atoms with van der Waals surface area (Å²) in [6.45, 7) is 2.37. The molecular weight excluding hydrogens is 279 g/mol. The number of benzene rings is 1. The van der Waals surface area contributed by atoms with E-state index in [0.717, 1.165) is 31.0 Å². The number of hydrogen-bond donors (Lipinski definition) is 2. The minimum absolute atomic E-state index is 0.0342. The molecule has 0 heterocycles. The lowest BCUT2D eigenvalue weighted by molar-refractivity contribution is -0.385. The SMILES string of the molecule is CCCC(CCO)CNC(=O)c1ccc([N+](=O)[O-])cc1F. The van der Waals surface area contributed by atoms with Gasteiger partial charge >= 0.3 is 0 Å². The Morgan fingerprint density at radius 1 is 1.48 bits per heavy atom. The van der Waals surface area contributed by atoms with Crippen LogP contribution < -0.4 is 5.32 Å². The molecule has 0 aliphatic carbocycles. The van der Waals surface area contributed by atoms with Gasteiger partial charge in [0.15, 0.2) is 0 Å². The fourth-order valence-corrected chi connectivity index (χ4v) is 2.07. The van der Waals surface area contributed by atoms with Crippen molar-refractivity contribution >= 4 is 11.6 Å². The topological polar surface area (TPSA) is 92.5 Å². The Morgan fingerprint density at radius 3 is 2.71 bits per heavy atom. The van der Waals surface area contributed by atoms with Gasteiger partial charge in [-0.25, -0.2) is 4.39 Å². The highest BCUT2D eigenvalue weighted by Gasteiger charge is 2.17. The number of carbonyl (C=O) groups excluding carboxylic acids is 1. The number of hydrogen-bond acceptors (Lipinski definition) is 4. The first-order valence-corrected chi connectivity index (χ1v) is 6.82. The minimum Gasteiger partial charge on any atom is -0.396 e. The average Bonchev–Trinajstić information content (AvgIpc) is 2.44. The molecule has 1 aromatic rings. The molecule has 0 radical (unpaired) electrons. The zero-order chi connectivity index (χ0) is 15.8. The Labute approximate surface area is 122 Å². The van der Waals surface area contributed by atoms with Gasteiger partial charge in [-0.3, -0.25) is 14.9 Å². The molecule has 0 bridgehead atoms. The lowest BCUT2D eigenvalue weighted by Crippen LogP contribution is -2.30. The molecule has 1 rings (SSSR count). The van der Waals surface area contributed by atoms with Crippen LogP contribution in [0.4, 0.5) is 10.1 Å². The van der Waals surface area contributed by atoms with Gasteiger partial charge in [0.25, 0.3) is 11.6 Å². The van der Waals surface area contributed by atoms with E-state index >= 15 is 0 Å². The third kappa shape index (κ3) is 5.11. The molecule has 0 saturated carbocycles. The van der Waals surface area contributed by atoms with Gasteiger partial charge in [0.05, 0.1) is 16.6 Å². The van der Waals surface area contributed by atoms with E-state index in [1.165, 1.54) is 0 Å². The molecule has 0 saturated heterocycles. The Hall–Kier alpha value is -2.02. The van der Waals surface area contributed by atoms with Gasteiger partial charge in [-0.15, -0.1) is 0 Å². The monoisotopic (exact) mass is 298 g/mol. The van der Waals surface area contributed by atoms with Crippen molar-refractivity contribution in [1.82, 2.24) is 5.32 Å². The molecule has 0 aromatic heterocycles. The van der Waals surface area contributed by atoms with E-state index in [2.05, 4.69) is 5.32 Å². The highest BCUT2D eigenvalue weighted by atomic mass is 19.1. The largest absolute Gasteiger partial charge is 0.396 e. The summed E-state index contributed by atoms with van der Waals surface area (Å²) >= 11 is 0. The number of aliphatic hydroxyl groups excluding tert-OH is 1. The summed E-state index contributed by atoms with van der Waals surface area (Å²) in [5.74, 6) is -1.40. The first kappa shape index (κ1) is 17.0. The quantitative estimate of drug-likeness (QED) is 0.568. The molecule has 0 aliphatic heterocycles. The molecule has 1 aromatic carbocycles. The zero-order valence-electron chi connectivity index (χ0n) is 11.8. The van der Waals surface area contributed by atoms with E-state index < -0.39 is 22.3 Å². The molecular formula is C14H19FN2O4. The van der Waals surface area contributed by atoms with Crippen LogP contribution in [0.15, 0.2) is 18.2 Å². The summed E-state index contributed by atoms with van der Waals surface area (Å²) in [5.41, 5.74) is -0.618. The smallest absolute Gasteiger partial charge is 0.272 e. The number of carbonyl (C=O) groups is 1. The number of nitrogens with one attached hydrogen (secondary N) is 1. The fourth-order valence-electron chi connectivity index (χ4n) is 2.07. The second-order valence-corrected chi connectivity index (χ2v) is 4.80. The maximum absolute atomic E-state index is 13.7. The molecule has 0 aliphatic rings. The normalized spacial score (nSPS) is 12.0. The Morgan fingerprint density at radius 2 is 2.19 bits per heavy atom. The lowest BCUT2D eigenvalue weighted by Gasteiger charge is -2.15. The van der Waals surface area contributed by atoms with E-state index in [1.54, 1.807) is 0 Å². The molecule has 0 fully saturated rings. The summed E-state index contributed by atoms with van der Waals surface area (Å²) in [6.07, 6.45) is 2.34. The number of rotatable bonds is 8. The third-order valence-electron chi connectivity index (χ3n) is 3.19. The highest BCUT2D eigenvalue weighted by Crippen LogP contribution is 2.17. The Kier molecular flexibility index (Phi) is 6.74. The molecule has 7 heteroatoms. The average molecular weight is 298 g/mol. The number of aliphatic hydroxyl groups is 1. The number of nitro benzene ring substituents is 1. The highest BCUT2D eigenvalue weighted by molar-refractivity contribution is 5.94. The standard InChI is InChI=1S/C14H19FN2O4/c1-2-3-10(6-7-18)9-16-14(19)12-5-4-11(17(20)21)8-13(12)15/h4-5,8,10,18H,2-3,6-7,9H2,1H3,(H,16,19). The van der Waals surface area contributed by atoms with Gasteiger partial charge in [0.2, 0.25) is 0 Å². The van der Waals surface area contributed by atoms with Crippen molar-refractivity contribution in [2.45, 2.75) is 26.2 Å². The van der Waals surface area contributed by atoms with Crippen LogP contribution in [0.5, 0.6) is 0 Å². The second-order valence-electron chi connectivity index (χ2n) is 4.80. The van der Waals surface area contributed by atoms with E-state index in [0.29, 0.717) is 13.0 Å². The molecule has 1 amide bonds. The van der Waals surface area contributed by atoms with Crippen molar-refractivity contribution in [2.24, 2.45) is 5.92 Å². The van der Waals surface area contributed by atoms with E-state index in [9.17, 15) is 19.3 Å². The first-order chi connectivity index (χ1) is 9.99. The van der Waals surface area contributed by atoms with Crippen LogP contribution in [0.3, 0.4) is 0 Å². The van der Waals surface area contributed by atoms with Gasteiger partial charge in [-0.2, -0.15) is 0 Å². The zero-order valence-corrected chi connectivity index (χ0v) is 11.8. The van der Waals surface area contributed by atoms with Crippen molar-refractivity contribution in [1.29, 1.82) is 0 Å². The van der Waals surface area contributed by atoms with Crippen LogP contribution >= 0.6 is 0 Å². The summed E-state index contributed by atoms with van der Waals surface area (Å²) in [4.78, 5) is 21.7. The number of halogens is 1. The Balaban J connectivity index is 2.69.